The highest BCUT2D eigenvalue weighted by Crippen LogP contribution is 2.25. The van der Waals surface area contributed by atoms with Crippen molar-refractivity contribution in [3.63, 3.8) is 0 Å². The summed E-state index contributed by atoms with van der Waals surface area (Å²) in [6.45, 7) is 1.37. The van der Waals surface area contributed by atoms with E-state index in [2.05, 4.69) is 5.32 Å². The molecule has 6 heteroatoms. The fourth-order valence-corrected chi connectivity index (χ4v) is 2.33. The molecule has 0 saturated carbocycles. The van der Waals surface area contributed by atoms with Gasteiger partial charge in [0.25, 0.3) is 0 Å². The fraction of sp³-hybridized carbons (Fsp3) is 0.125. The van der Waals surface area contributed by atoms with Gasteiger partial charge in [-0.05, 0) is 30.3 Å². The molecule has 0 aliphatic rings. The van der Waals surface area contributed by atoms with Crippen LogP contribution in [-0.4, -0.2) is 11.9 Å². The second-order valence-electron chi connectivity index (χ2n) is 4.54. The summed E-state index contributed by atoms with van der Waals surface area (Å²) in [4.78, 5) is 23.1. The predicted octanol–water partition coefficient (Wildman–Crippen LogP) is 4.31. The van der Waals surface area contributed by atoms with Gasteiger partial charge < -0.3 is 10.1 Å². The Morgan fingerprint density at radius 3 is 2.36 bits per heavy atom. The van der Waals surface area contributed by atoms with E-state index >= 15 is 0 Å². The summed E-state index contributed by atoms with van der Waals surface area (Å²) >= 11 is 12.0. The molecule has 0 fully saturated rings. The first kappa shape index (κ1) is 16.3. The zero-order valence-electron chi connectivity index (χ0n) is 11.7. The molecule has 114 valence electrons. The van der Waals surface area contributed by atoms with Crippen molar-refractivity contribution in [2.24, 2.45) is 0 Å². The van der Waals surface area contributed by atoms with Gasteiger partial charge in [0.05, 0.1) is 5.56 Å². The van der Waals surface area contributed by atoms with Crippen LogP contribution in [0.3, 0.4) is 0 Å². The van der Waals surface area contributed by atoms with Gasteiger partial charge in [-0.25, -0.2) is 4.79 Å². The summed E-state index contributed by atoms with van der Waals surface area (Å²) in [6.07, 6.45) is 0. The summed E-state index contributed by atoms with van der Waals surface area (Å²) in [5, 5.41) is 3.48. The maximum atomic E-state index is 12.1. The molecule has 0 aliphatic heterocycles. The van der Waals surface area contributed by atoms with Crippen LogP contribution in [0.25, 0.3) is 0 Å². The van der Waals surface area contributed by atoms with Crippen molar-refractivity contribution < 1.29 is 14.3 Å². The number of ether oxygens (including phenoxy) is 1. The number of nitrogens with one attached hydrogen (secondary N) is 1. The number of esters is 1. The summed E-state index contributed by atoms with van der Waals surface area (Å²) in [5.41, 5.74) is 1.41. The second kappa shape index (κ2) is 7.29. The maximum absolute atomic E-state index is 12.1. The number of carbonyl (C=O) groups excluding carboxylic acids is 2. The Morgan fingerprint density at radius 2 is 1.73 bits per heavy atom. The van der Waals surface area contributed by atoms with Crippen LogP contribution in [0.2, 0.25) is 10.0 Å². The number of hydrogen-bond acceptors (Lipinski definition) is 3. The monoisotopic (exact) mass is 337 g/mol. The highest BCUT2D eigenvalue weighted by atomic mass is 35.5. The molecule has 0 bridgehead atoms. The molecule has 0 aromatic heterocycles. The number of halogens is 2. The zero-order valence-corrected chi connectivity index (χ0v) is 13.2. The molecule has 0 unspecified atom stereocenters. The summed E-state index contributed by atoms with van der Waals surface area (Å²) in [6, 6.07) is 11.5. The Labute approximate surface area is 138 Å². The van der Waals surface area contributed by atoms with E-state index in [0.29, 0.717) is 26.9 Å². The van der Waals surface area contributed by atoms with Crippen LogP contribution in [0.5, 0.6) is 0 Å². The van der Waals surface area contributed by atoms with Crippen LogP contribution >= 0.6 is 23.2 Å². The van der Waals surface area contributed by atoms with Crippen molar-refractivity contribution in [1.82, 2.24) is 0 Å². The Kier molecular flexibility index (Phi) is 5.41. The average molecular weight is 338 g/mol. The van der Waals surface area contributed by atoms with E-state index in [4.69, 9.17) is 27.9 Å². The summed E-state index contributed by atoms with van der Waals surface area (Å²) in [5.74, 6) is -0.739. The quantitative estimate of drug-likeness (QED) is 0.845. The lowest BCUT2D eigenvalue weighted by molar-refractivity contribution is -0.114. The lowest BCUT2D eigenvalue weighted by atomic mass is 10.2. The van der Waals surface area contributed by atoms with Crippen molar-refractivity contribution in [1.29, 1.82) is 0 Å². The van der Waals surface area contributed by atoms with Crippen molar-refractivity contribution in [3.05, 3.63) is 63.6 Å². The molecule has 2 rings (SSSR count). The Bertz CT molecular complexity index is 696. The molecule has 2 aromatic carbocycles. The van der Waals surface area contributed by atoms with Crippen molar-refractivity contribution in [3.8, 4) is 0 Å². The molecule has 0 atom stereocenters. The van der Waals surface area contributed by atoms with Crippen molar-refractivity contribution >= 4 is 40.8 Å². The van der Waals surface area contributed by atoms with E-state index < -0.39 is 5.97 Å². The Morgan fingerprint density at radius 1 is 1.09 bits per heavy atom. The highest BCUT2D eigenvalue weighted by molar-refractivity contribution is 6.35. The van der Waals surface area contributed by atoms with Crippen LogP contribution in [0.4, 0.5) is 5.69 Å². The molecule has 2 aromatic rings. The molecular weight excluding hydrogens is 325 g/mol. The van der Waals surface area contributed by atoms with Gasteiger partial charge in [0.1, 0.15) is 6.61 Å². The smallest absolute Gasteiger partial charge is 0.338 e. The minimum Gasteiger partial charge on any atom is -0.457 e. The van der Waals surface area contributed by atoms with Gasteiger partial charge in [-0.15, -0.1) is 0 Å². The lowest BCUT2D eigenvalue weighted by Crippen LogP contribution is -2.09. The van der Waals surface area contributed by atoms with Gasteiger partial charge in [0, 0.05) is 28.2 Å². The van der Waals surface area contributed by atoms with E-state index in [9.17, 15) is 9.59 Å². The molecular formula is C16H13Cl2NO3. The molecule has 0 saturated heterocycles. The van der Waals surface area contributed by atoms with Crippen LogP contribution in [0, 0.1) is 0 Å². The minimum atomic E-state index is -0.525. The molecule has 1 N–H and O–H groups in total. The van der Waals surface area contributed by atoms with E-state index in [1.807, 2.05) is 0 Å². The second-order valence-corrected chi connectivity index (χ2v) is 5.35. The first-order valence-electron chi connectivity index (χ1n) is 6.45. The molecule has 1 amide bonds. The third kappa shape index (κ3) is 4.23. The predicted molar refractivity (Wildman–Crippen MR) is 86.3 cm³/mol. The third-order valence-corrected chi connectivity index (χ3v) is 3.54. The van der Waals surface area contributed by atoms with Crippen LogP contribution in [0.15, 0.2) is 42.5 Å². The molecule has 0 heterocycles. The van der Waals surface area contributed by atoms with Crippen LogP contribution in [-0.2, 0) is 16.1 Å². The van der Waals surface area contributed by atoms with Crippen molar-refractivity contribution in [2.75, 3.05) is 5.32 Å². The molecule has 0 spiro atoms. The molecule has 0 radical (unpaired) electrons. The van der Waals surface area contributed by atoms with Gasteiger partial charge in [-0.2, -0.15) is 0 Å². The number of hydrogen-bond donors (Lipinski definition) is 1. The van der Waals surface area contributed by atoms with Gasteiger partial charge in [0.15, 0.2) is 0 Å². The van der Waals surface area contributed by atoms with Gasteiger partial charge in [0.2, 0.25) is 5.91 Å². The number of carbonyl (C=O) groups is 2. The Balaban J connectivity index is 2.08. The van der Waals surface area contributed by atoms with Gasteiger partial charge >= 0.3 is 5.97 Å². The summed E-state index contributed by atoms with van der Waals surface area (Å²) in [7, 11) is 0. The lowest BCUT2D eigenvalue weighted by Gasteiger charge is -2.09. The van der Waals surface area contributed by atoms with Crippen molar-refractivity contribution in [2.45, 2.75) is 13.5 Å². The average Bonchev–Trinajstić information content (AvgIpc) is 2.46. The maximum Gasteiger partial charge on any atom is 0.338 e. The highest BCUT2D eigenvalue weighted by Gasteiger charge is 2.12. The SMILES string of the molecule is CC(=O)Nc1cccc(C(=O)OCc2c(Cl)cccc2Cl)c1. The molecule has 22 heavy (non-hydrogen) atoms. The first-order valence-corrected chi connectivity index (χ1v) is 7.20. The number of benzene rings is 2. The molecule has 4 nitrogen and oxygen atoms in total. The van der Waals surface area contributed by atoms with Crippen LogP contribution < -0.4 is 5.32 Å². The van der Waals surface area contributed by atoms with E-state index in [0.717, 1.165) is 0 Å². The minimum absolute atomic E-state index is 0.0261. The standard InChI is InChI=1S/C16H13Cl2NO3/c1-10(20)19-12-5-2-4-11(8-12)16(21)22-9-13-14(17)6-3-7-15(13)18/h2-8H,9H2,1H3,(H,19,20). The fourth-order valence-electron chi connectivity index (χ4n) is 1.82. The largest absolute Gasteiger partial charge is 0.457 e. The van der Waals surface area contributed by atoms with E-state index in [-0.39, 0.29) is 12.5 Å². The number of amides is 1. The topological polar surface area (TPSA) is 55.4 Å². The van der Waals surface area contributed by atoms with E-state index in [1.54, 1.807) is 36.4 Å². The van der Waals surface area contributed by atoms with Gasteiger partial charge in [-0.1, -0.05) is 35.3 Å². The summed E-state index contributed by atoms with van der Waals surface area (Å²) < 4.78 is 5.22. The zero-order chi connectivity index (χ0) is 16.1. The Hall–Kier alpha value is -2.04. The number of anilines is 1. The molecule has 0 aliphatic carbocycles. The normalized spacial score (nSPS) is 10.1. The van der Waals surface area contributed by atoms with E-state index in [1.165, 1.54) is 13.0 Å². The van der Waals surface area contributed by atoms with Gasteiger partial charge in [-0.3, -0.25) is 4.79 Å². The number of rotatable bonds is 4. The third-order valence-electron chi connectivity index (χ3n) is 2.83. The van der Waals surface area contributed by atoms with Crippen LogP contribution in [0.1, 0.15) is 22.8 Å². The first-order chi connectivity index (χ1) is 10.5.